The summed E-state index contributed by atoms with van der Waals surface area (Å²) in [6.45, 7) is 6.52. The Balaban J connectivity index is 2.16. The van der Waals surface area contributed by atoms with Gasteiger partial charge in [0.05, 0.1) is 6.26 Å². The SMILES string of the molecule is CCCCC(CNCC)c1ccc2occc2c1. The molecule has 2 rings (SSSR count). The fourth-order valence-corrected chi connectivity index (χ4v) is 2.39. The van der Waals surface area contributed by atoms with Crippen LogP contribution in [-0.4, -0.2) is 13.1 Å². The number of rotatable bonds is 7. The van der Waals surface area contributed by atoms with Gasteiger partial charge in [0, 0.05) is 11.9 Å². The first-order chi connectivity index (χ1) is 8.85. The predicted molar refractivity (Wildman–Crippen MR) is 77.0 cm³/mol. The van der Waals surface area contributed by atoms with E-state index in [2.05, 4.69) is 37.4 Å². The number of fused-ring (bicyclic) bond motifs is 1. The molecular formula is C16H23NO. The minimum atomic E-state index is 0.615. The molecule has 1 aromatic heterocycles. The van der Waals surface area contributed by atoms with Crippen molar-refractivity contribution in [2.45, 2.75) is 39.0 Å². The minimum Gasteiger partial charge on any atom is -0.464 e. The molecule has 0 aliphatic heterocycles. The molecule has 0 saturated heterocycles. The second-order valence-electron chi connectivity index (χ2n) is 4.86. The fourth-order valence-electron chi connectivity index (χ4n) is 2.39. The van der Waals surface area contributed by atoms with Gasteiger partial charge < -0.3 is 9.73 Å². The molecule has 2 heteroatoms. The Labute approximate surface area is 109 Å². The Morgan fingerprint density at radius 2 is 2.11 bits per heavy atom. The maximum absolute atomic E-state index is 5.40. The monoisotopic (exact) mass is 245 g/mol. The third kappa shape index (κ3) is 3.14. The number of likely N-dealkylation sites (N-methyl/N-ethyl adjacent to an activating group) is 1. The average molecular weight is 245 g/mol. The van der Waals surface area contributed by atoms with Gasteiger partial charge in [0.15, 0.2) is 0 Å². The lowest BCUT2D eigenvalue weighted by molar-refractivity contribution is 0.538. The lowest BCUT2D eigenvalue weighted by Gasteiger charge is -2.17. The highest BCUT2D eigenvalue weighted by molar-refractivity contribution is 5.77. The summed E-state index contributed by atoms with van der Waals surface area (Å²) >= 11 is 0. The zero-order valence-corrected chi connectivity index (χ0v) is 11.4. The number of unbranched alkanes of at least 4 members (excludes halogenated alkanes) is 1. The molecule has 0 aliphatic carbocycles. The largest absolute Gasteiger partial charge is 0.464 e. The van der Waals surface area contributed by atoms with Crippen LogP contribution in [-0.2, 0) is 0 Å². The Hall–Kier alpha value is -1.28. The van der Waals surface area contributed by atoms with Gasteiger partial charge in [-0.15, -0.1) is 0 Å². The van der Waals surface area contributed by atoms with Crippen molar-refractivity contribution in [2.75, 3.05) is 13.1 Å². The van der Waals surface area contributed by atoms with Gasteiger partial charge in [-0.25, -0.2) is 0 Å². The maximum atomic E-state index is 5.40. The van der Waals surface area contributed by atoms with Crippen LogP contribution in [0.3, 0.4) is 0 Å². The lowest BCUT2D eigenvalue weighted by Crippen LogP contribution is -2.21. The van der Waals surface area contributed by atoms with Crippen LogP contribution in [0.1, 0.15) is 44.6 Å². The van der Waals surface area contributed by atoms with E-state index in [4.69, 9.17) is 4.42 Å². The lowest BCUT2D eigenvalue weighted by atomic mass is 9.93. The summed E-state index contributed by atoms with van der Waals surface area (Å²) in [5.41, 5.74) is 2.41. The van der Waals surface area contributed by atoms with Crippen LogP contribution in [0, 0.1) is 0 Å². The van der Waals surface area contributed by atoms with E-state index in [-0.39, 0.29) is 0 Å². The summed E-state index contributed by atoms with van der Waals surface area (Å²) in [5, 5.41) is 4.69. The molecule has 2 aromatic rings. The molecular weight excluding hydrogens is 222 g/mol. The van der Waals surface area contributed by atoms with Gasteiger partial charge in [0.1, 0.15) is 5.58 Å². The Morgan fingerprint density at radius 3 is 2.89 bits per heavy atom. The van der Waals surface area contributed by atoms with E-state index in [1.165, 1.54) is 30.2 Å². The molecule has 98 valence electrons. The van der Waals surface area contributed by atoms with Crippen LogP contribution in [0.2, 0.25) is 0 Å². The molecule has 1 aromatic carbocycles. The third-order valence-corrected chi connectivity index (χ3v) is 3.49. The van der Waals surface area contributed by atoms with Crippen molar-refractivity contribution >= 4 is 11.0 Å². The van der Waals surface area contributed by atoms with Crippen LogP contribution >= 0.6 is 0 Å². The van der Waals surface area contributed by atoms with Gasteiger partial charge in [0.25, 0.3) is 0 Å². The number of nitrogens with one attached hydrogen (secondary N) is 1. The summed E-state index contributed by atoms with van der Waals surface area (Å²) in [6, 6.07) is 8.62. The number of furan rings is 1. The molecule has 0 amide bonds. The van der Waals surface area contributed by atoms with Gasteiger partial charge in [-0.1, -0.05) is 32.8 Å². The number of hydrogen-bond donors (Lipinski definition) is 1. The first-order valence-electron chi connectivity index (χ1n) is 7.03. The zero-order chi connectivity index (χ0) is 12.8. The van der Waals surface area contributed by atoms with Crippen molar-refractivity contribution in [3.63, 3.8) is 0 Å². The van der Waals surface area contributed by atoms with Crippen molar-refractivity contribution in [1.29, 1.82) is 0 Å². The highest BCUT2D eigenvalue weighted by atomic mass is 16.3. The molecule has 0 bridgehead atoms. The van der Waals surface area contributed by atoms with Gasteiger partial charge in [-0.2, -0.15) is 0 Å². The number of benzene rings is 1. The average Bonchev–Trinajstić information content (AvgIpc) is 2.86. The highest BCUT2D eigenvalue weighted by Gasteiger charge is 2.11. The van der Waals surface area contributed by atoms with Gasteiger partial charge >= 0.3 is 0 Å². The van der Waals surface area contributed by atoms with Crippen LogP contribution in [0.4, 0.5) is 0 Å². The second kappa shape index (κ2) is 6.60. The summed E-state index contributed by atoms with van der Waals surface area (Å²) in [5.74, 6) is 0.615. The number of hydrogen-bond acceptors (Lipinski definition) is 2. The van der Waals surface area contributed by atoms with Crippen LogP contribution in [0.15, 0.2) is 34.9 Å². The van der Waals surface area contributed by atoms with E-state index in [0.29, 0.717) is 5.92 Å². The molecule has 1 atom stereocenters. The fraction of sp³-hybridized carbons (Fsp3) is 0.500. The third-order valence-electron chi connectivity index (χ3n) is 3.49. The molecule has 0 radical (unpaired) electrons. The van der Waals surface area contributed by atoms with E-state index >= 15 is 0 Å². The van der Waals surface area contributed by atoms with Gasteiger partial charge in [-0.05, 0) is 42.6 Å². The Morgan fingerprint density at radius 1 is 1.22 bits per heavy atom. The normalized spacial score (nSPS) is 13.0. The maximum Gasteiger partial charge on any atom is 0.133 e. The molecule has 1 heterocycles. The summed E-state index contributed by atoms with van der Waals surface area (Å²) in [6.07, 6.45) is 5.57. The summed E-state index contributed by atoms with van der Waals surface area (Å²) in [7, 11) is 0. The van der Waals surface area contributed by atoms with Crippen molar-refractivity contribution in [3.05, 3.63) is 36.1 Å². The van der Waals surface area contributed by atoms with Crippen LogP contribution in [0.5, 0.6) is 0 Å². The van der Waals surface area contributed by atoms with E-state index < -0.39 is 0 Å². The molecule has 0 spiro atoms. The highest BCUT2D eigenvalue weighted by Crippen LogP contribution is 2.25. The summed E-state index contributed by atoms with van der Waals surface area (Å²) < 4.78 is 5.40. The van der Waals surface area contributed by atoms with Crippen molar-refractivity contribution in [2.24, 2.45) is 0 Å². The van der Waals surface area contributed by atoms with E-state index in [1.54, 1.807) is 6.26 Å². The minimum absolute atomic E-state index is 0.615. The second-order valence-corrected chi connectivity index (χ2v) is 4.86. The molecule has 0 fully saturated rings. The molecule has 1 unspecified atom stereocenters. The first kappa shape index (κ1) is 13.2. The topological polar surface area (TPSA) is 25.2 Å². The van der Waals surface area contributed by atoms with E-state index in [1.807, 2.05) is 6.07 Å². The van der Waals surface area contributed by atoms with Crippen molar-refractivity contribution in [3.8, 4) is 0 Å². The van der Waals surface area contributed by atoms with Crippen molar-refractivity contribution in [1.82, 2.24) is 5.32 Å². The van der Waals surface area contributed by atoms with Gasteiger partial charge in [-0.3, -0.25) is 0 Å². The predicted octanol–water partition coefficient (Wildman–Crippen LogP) is 4.32. The molecule has 0 saturated carbocycles. The van der Waals surface area contributed by atoms with Crippen LogP contribution in [0.25, 0.3) is 11.0 Å². The molecule has 2 nitrogen and oxygen atoms in total. The summed E-state index contributed by atoms with van der Waals surface area (Å²) in [4.78, 5) is 0. The first-order valence-corrected chi connectivity index (χ1v) is 7.03. The van der Waals surface area contributed by atoms with Crippen LogP contribution < -0.4 is 5.32 Å². The molecule has 18 heavy (non-hydrogen) atoms. The van der Waals surface area contributed by atoms with Crippen molar-refractivity contribution < 1.29 is 4.42 Å². The molecule has 1 N–H and O–H groups in total. The zero-order valence-electron chi connectivity index (χ0n) is 11.4. The van der Waals surface area contributed by atoms with E-state index in [9.17, 15) is 0 Å². The molecule has 0 aliphatic rings. The Bertz CT molecular complexity index is 467. The Kier molecular flexibility index (Phi) is 4.82. The van der Waals surface area contributed by atoms with E-state index in [0.717, 1.165) is 18.7 Å². The standard InChI is InChI=1S/C16H23NO/c1-3-5-6-15(12-17-4-2)13-7-8-16-14(11-13)9-10-18-16/h7-11,15,17H,3-6,12H2,1-2H3. The van der Waals surface area contributed by atoms with Gasteiger partial charge in [0.2, 0.25) is 0 Å². The quantitative estimate of drug-likeness (QED) is 0.786. The smallest absolute Gasteiger partial charge is 0.133 e.